The second-order valence-corrected chi connectivity index (χ2v) is 9.15. The molecule has 1 atom stereocenters. The molecule has 1 aliphatic heterocycles. The zero-order chi connectivity index (χ0) is 18.7. The highest BCUT2D eigenvalue weighted by atomic mass is 32.2. The fourth-order valence-corrected chi connectivity index (χ4v) is 5.40. The highest BCUT2D eigenvalue weighted by molar-refractivity contribution is 7.91. The maximum Gasteiger partial charge on any atom is 0.231 e. The van der Waals surface area contributed by atoms with Crippen LogP contribution in [0.25, 0.3) is 0 Å². The van der Waals surface area contributed by atoms with Crippen LogP contribution in [0, 0.1) is 6.92 Å². The highest BCUT2D eigenvalue weighted by Gasteiger charge is 2.36. The van der Waals surface area contributed by atoms with Crippen molar-refractivity contribution in [2.75, 3.05) is 16.4 Å². The number of carbonyl (C=O) groups excluding carboxylic acids is 1. The number of para-hydroxylation sites is 1. The minimum atomic E-state index is -3.08. The number of sulfone groups is 1. The molecule has 0 aromatic heterocycles. The van der Waals surface area contributed by atoms with Crippen molar-refractivity contribution in [1.29, 1.82) is 0 Å². The van der Waals surface area contributed by atoms with Crippen LogP contribution in [0.15, 0.2) is 48.5 Å². The molecule has 5 heteroatoms. The molecule has 2 aromatic carbocycles. The first-order valence-electron chi connectivity index (χ1n) is 9.06. The molecule has 1 amide bonds. The monoisotopic (exact) mass is 371 g/mol. The summed E-state index contributed by atoms with van der Waals surface area (Å²) in [5.41, 5.74) is 3.92. The zero-order valence-electron chi connectivity index (χ0n) is 15.3. The molecular weight excluding hydrogens is 346 g/mol. The Morgan fingerprint density at radius 3 is 2.46 bits per heavy atom. The topological polar surface area (TPSA) is 54.5 Å². The minimum Gasteiger partial charge on any atom is -0.307 e. The van der Waals surface area contributed by atoms with E-state index in [1.54, 1.807) is 4.90 Å². The predicted octanol–water partition coefficient (Wildman–Crippen LogP) is 3.32. The Bertz CT molecular complexity index is 891. The van der Waals surface area contributed by atoms with E-state index in [1.807, 2.05) is 55.5 Å². The summed E-state index contributed by atoms with van der Waals surface area (Å²) in [5, 5.41) is 0. The number of carbonyl (C=O) groups is 1. The zero-order valence-corrected chi connectivity index (χ0v) is 16.1. The Labute approximate surface area is 155 Å². The minimum absolute atomic E-state index is 0.0395. The van der Waals surface area contributed by atoms with E-state index in [0.717, 1.165) is 28.8 Å². The van der Waals surface area contributed by atoms with Crippen LogP contribution < -0.4 is 4.90 Å². The van der Waals surface area contributed by atoms with Gasteiger partial charge in [0, 0.05) is 0 Å². The summed E-state index contributed by atoms with van der Waals surface area (Å²) < 4.78 is 24.1. The Hall–Kier alpha value is -2.14. The van der Waals surface area contributed by atoms with Crippen LogP contribution in [0.2, 0.25) is 0 Å². The average molecular weight is 372 g/mol. The average Bonchev–Trinajstić information content (AvgIpc) is 2.97. The Balaban J connectivity index is 2.01. The summed E-state index contributed by atoms with van der Waals surface area (Å²) in [6.45, 7) is 4.05. The summed E-state index contributed by atoms with van der Waals surface area (Å²) >= 11 is 0. The first kappa shape index (κ1) is 18.6. The summed E-state index contributed by atoms with van der Waals surface area (Å²) in [7, 11) is -3.08. The van der Waals surface area contributed by atoms with E-state index < -0.39 is 9.84 Å². The lowest BCUT2D eigenvalue weighted by Crippen LogP contribution is -2.43. The summed E-state index contributed by atoms with van der Waals surface area (Å²) in [6.07, 6.45) is 1.57. The molecular formula is C21H25NO3S. The SMILES string of the molecule is CCc1cccc(C)c1N(C(=O)Cc1ccccc1)C1CCS(=O)(=O)C1. The number of benzene rings is 2. The van der Waals surface area contributed by atoms with Crippen molar-refractivity contribution in [1.82, 2.24) is 0 Å². The number of hydrogen-bond donors (Lipinski definition) is 0. The van der Waals surface area contributed by atoms with E-state index in [2.05, 4.69) is 6.92 Å². The number of aryl methyl sites for hydroxylation is 2. The molecule has 26 heavy (non-hydrogen) atoms. The van der Waals surface area contributed by atoms with Crippen LogP contribution in [0.1, 0.15) is 30.0 Å². The van der Waals surface area contributed by atoms with E-state index in [4.69, 9.17) is 0 Å². The van der Waals surface area contributed by atoms with Crippen LogP contribution in [-0.2, 0) is 27.5 Å². The first-order valence-corrected chi connectivity index (χ1v) is 10.9. The molecule has 1 heterocycles. The molecule has 1 aliphatic rings. The molecule has 4 nitrogen and oxygen atoms in total. The van der Waals surface area contributed by atoms with Crippen molar-refractivity contribution in [3.05, 3.63) is 65.2 Å². The van der Waals surface area contributed by atoms with Gasteiger partial charge in [0.1, 0.15) is 0 Å². The van der Waals surface area contributed by atoms with Gasteiger partial charge in [-0.1, -0.05) is 55.5 Å². The smallest absolute Gasteiger partial charge is 0.231 e. The van der Waals surface area contributed by atoms with Gasteiger partial charge < -0.3 is 4.90 Å². The molecule has 1 unspecified atom stereocenters. The molecule has 0 bridgehead atoms. The van der Waals surface area contributed by atoms with Gasteiger partial charge in [0.05, 0.1) is 29.7 Å². The largest absolute Gasteiger partial charge is 0.307 e. The van der Waals surface area contributed by atoms with Crippen molar-refractivity contribution in [3.8, 4) is 0 Å². The normalized spacial score (nSPS) is 18.6. The van der Waals surface area contributed by atoms with Gasteiger partial charge in [-0.3, -0.25) is 4.79 Å². The number of nitrogens with zero attached hydrogens (tertiary/aromatic N) is 1. The molecule has 138 valence electrons. The number of rotatable bonds is 5. The molecule has 1 saturated heterocycles. The van der Waals surface area contributed by atoms with Crippen molar-refractivity contribution in [2.45, 2.75) is 39.2 Å². The second-order valence-electron chi connectivity index (χ2n) is 6.92. The number of amides is 1. The first-order chi connectivity index (χ1) is 12.4. The number of anilines is 1. The molecule has 0 N–H and O–H groups in total. The van der Waals surface area contributed by atoms with E-state index in [9.17, 15) is 13.2 Å². The van der Waals surface area contributed by atoms with E-state index >= 15 is 0 Å². The molecule has 1 fully saturated rings. The predicted molar refractivity (Wildman–Crippen MR) is 105 cm³/mol. The van der Waals surface area contributed by atoms with Gasteiger partial charge in [-0.2, -0.15) is 0 Å². The molecule has 3 rings (SSSR count). The Kier molecular flexibility index (Phi) is 5.47. The Morgan fingerprint density at radius 2 is 1.85 bits per heavy atom. The molecule has 2 aromatic rings. The fourth-order valence-electron chi connectivity index (χ4n) is 3.70. The third-order valence-corrected chi connectivity index (χ3v) is 6.73. The van der Waals surface area contributed by atoms with Gasteiger partial charge in [-0.25, -0.2) is 8.42 Å². The fraction of sp³-hybridized carbons (Fsp3) is 0.381. The van der Waals surface area contributed by atoms with E-state index in [1.165, 1.54) is 0 Å². The standard InChI is InChI=1S/C21H25NO3S/c1-3-18-11-7-8-16(2)21(18)22(19-12-13-26(24,25)15-19)20(23)14-17-9-5-4-6-10-17/h4-11,19H,3,12-15H2,1-2H3. The summed E-state index contributed by atoms with van der Waals surface area (Å²) in [4.78, 5) is 15.0. The van der Waals surface area contributed by atoms with E-state index in [0.29, 0.717) is 6.42 Å². The molecule has 0 radical (unpaired) electrons. The molecule has 0 aliphatic carbocycles. The lowest BCUT2D eigenvalue weighted by molar-refractivity contribution is -0.118. The highest BCUT2D eigenvalue weighted by Crippen LogP contribution is 2.31. The van der Waals surface area contributed by atoms with Crippen molar-refractivity contribution in [2.24, 2.45) is 0 Å². The van der Waals surface area contributed by atoms with Gasteiger partial charge >= 0.3 is 0 Å². The lowest BCUT2D eigenvalue weighted by Gasteiger charge is -2.32. The number of hydrogen-bond acceptors (Lipinski definition) is 3. The van der Waals surface area contributed by atoms with Crippen LogP contribution in [-0.4, -0.2) is 31.9 Å². The van der Waals surface area contributed by atoms with Gasteiger partial charge in [0.2, 0.25) is 5.91 Å². The van der Waals surface area contributed by atoms with Crippen LogP contribution in [0.4, 0.5) is 5.69 Å². The van der Waals surface area contributed by atoms with Gasteiger partial charge in [0.25, 0.3) is 0 Å². The molecule has 0 spiro atoms. The van der Waals surface area contributed by atoms with Gasteiger partial charge in [-0.05, 0) is 36.5 Å². The van der Waals surface area contributed by atoms with Crippen molar-refractivity contribution < 1.29 is 13.2 Å². The quantitative estimate of drug-likeness (QED) is 0.810. The second kappa shape index (κ2) is 7.62. The van der Waals surface area contributed by atoms with Crippen molar-refractivity contribution >= 4 is 21.4 Å². The third kappa shape index (κ3) is 3.98. The Morgan fingerprint density at radius 1 is 1.12 bits per heavy atom. The lowest BCUT2D eigenvalue weighted by atomic mass is 10.0. The van der Waals surface area contributed by atoms with Gasteiger partial charge in [0.15, 0.2) is 9.84 Å². The molecule has 0 saturated carbocycles. The summed E-state index contributed by atoms with van der Waals surface area (Å²) in [5.74, 6) is 0.160. The maximum absolute atomic E-state index is 13.3. The summed E-state index contributed by atoms with van der Waals surface area (Å²) in [6, 6.07) is 15.3. The van der Waals surface area contributed by atoms with E-state index in [-0.39, 0.29) is 29.9 Å². The van der Waals surface area contributed by atoms with Crippen LogP contribution in [0.3, 0.4) is 0 Å². The maximum atomic E-state index is 13.3. The van der Waals surface area contributed by atoms with Crippen LogP contribution >= 0.6 is 0 Å². The van der Waals surface area contributed by atoms with Crippen molar-refractivity contribution in [3.63, 3.8) is 0 Å². The third-order valence-electron chi connectivity index (χ3n) is 4.98. The van der Waals surface area contributed by atoms with Gasteiger partial charge in [-0.15, -0.1) is 0 Å². The van der Waals surface area contributed by atoms with Crippen LogP contribution in [0.5, 0.6) is 0 Å².